The molecule has 0 heterocycles. The fraction of sp³-hybridized carbons (Fsp3) is 0.286. The predicted octanol–water partition coefficient (Wildman–Crippen LogP) is -0.0222. The van der Waals surface area contributed by atoms with E-state index in [1.54, 1.807) is 24.3 Å². The molecule has 0 saturated heterocycles. The van der Waals surface area contributed by atoms with Crippen molar-refractivity contribution in [1.29, 1.82) is 0 Å². The highest BCUT2D eigenvalue weighted by Gasteiger charge is 2.12. The van der Waals surface area contributed by atoms with Crippen molar-refractivity contribution in [3.63, 3.8) is 0 Å². The van der Waals surface area contributed by atoms with Crippen molar-refractivity contribution in [1.82, 2.24) is 4.90 Å². The van der Waals surface area contributed by atoms with Crippen molar-refractivity contribution in [3.05, 3.63) is 35.4 Å². The van der Waals surface area contributed by atoms with E-state index in [2.05, 4.69) is 11.8 Å². The van der Waals surface area contributed by atoms with E-state index >= 15 is 0 Å². The minimum atomic E-state index is -0.553. The van der Waals surface area contributed by atoms with Crippen molar-refractivity contribution >= 4 is 11.8 Å². The second-order valence-corrected chi connectivity index (χ2v) is 3.98. The Balaban J connectivity index is 2.73. The molecule has 0 aliphatic rings. The number of amides is 2. The Morgan fingerprint density at radius 3 is 2.47 bits per heavy atom. The lowest BCUT2D eigenvalue weighted by Crippen LogP contribution is -2.35. The van der Waals surface area contributed by atoms with E-state index in [9.17, 15) is 9.59 Å². The number of carbonyl (C=O) groups is 2. The van der Waals surface area contributed by atoms with Gasteiger partial charge in [-0.05, 0) is 24.3 Å². The highest BCUT2D eigenvalue weighted by Crippen LogP contribution is 2.06. The number of rotatable bonds is 4. The Hall–Kier alpha value is -2.32. The summed E-state index contributed by atoms with van der Waals surface area (Å²) in [4.78, 5) is 23.9. The van der Waals surface area contributed by atoms with Crippen molar-refractivity contribution in [2.24, 2.45) is 5.73 Å². The molecule has 0 aliphatic heterocycles. The van der Waals surface area contributed by atoms with Crippen molar-refractivity contribution < 1.29 is 14.7 Å². The van der Waals surface area contributed by atoms with Crippen LogP contribution in [0.4, 0.5) is 0 Å². The summed E-state index contributed by atoms with van der Waals surface area (Å²) < 4.78 is 0. The van der Waals surface area contributed by atoms with Gasteiger partial charge in [-0.25, -0.2) is 0 Å². The molecule has 0 unspecified atom stereocenters. The third-order valence-corrected chi connectivity index (χ3v) is 2.34. The zero-order valence-electron chi connectivity index (χ0n) is 10.7. The third-order valence-electron chi connectivity index (χ3n) is 2.34. The molecule has 5 heteroatoms. The number of hydrogen-bond donors (Lipinski definition) is 2. The second-order valence-electron chi connectivity index (χ2n) is 3.98. The molecular weight excluding hydrogens is 244 g/mol. The maximum absolute atomic E-state index is 11.9. The van der Waals surface area contributed by atoms with E-state index in [0.29, 0.717) is 12.0 Å². The first kappa shape index (κ1) is 14.7. The van der Waals surface area contributed by atoms with Crippen LogP contribution in [0.2, 0.25) is 0 Å². The number of hydrogen-bond acceptors (Lipinski definition) is 3. The highest BCUT2D eigenvalue weighted by molar-refractivity contribution is 5.96. The van der Waals surface area contributed by atoms with E-state index in [0.717, 1.165) is 5.56 Å². The fourth-order valence-electron chi connectivity index (χ4n) is 1.44. The summed E-state index contributed by atoms with van der Waals surface area (Å²) in [6.07, 6.45) is 0.419. The van der Waals surface area contributed by atoms with Gasteiger partial charge in [0.05, 0.1) is 13.2 Å². The SMILES string of the molecule is CN(CC(N)=O)C(=O)c1ccc(C#CCCO)cc1. The standard InChI is InChI=1S/C14H16N2O3/c1-16(10-13(15)18)14(19)12-7-5-11(6-8-12)4-2-3-9-17/h5-8,17H,3,9-10H2,1H3,(H2,15,18). The van der Waals surface area contributed by atoms with E-state index in [1.807, 2.05) is 0 Å². The summed E-state index contributed by atoms with van der Waals surface area (Å²) in [5.74, 6) is 4.83. The normalized spacial score (nSPS) is 9.37. The molecule has 0 saturated carbocycles. The van der Waals surface area contributed by atoms with Crippen molar-refractivity contribution in [2.45, 2.75) is 6.42 Å². The number of likely N-dealkylation sites (N-methyl/N-ethyl adjacent to an activating group) is 1. The molecule has 100 valence electrons. The van der Waals surface area contributed by atoms with E-state index in [4.69, 9.17) is 10.8 Å². The van der Waals surface area contributed by atoms with Gasteiger partial charge in [0.15, 0.2) is 0 Å². The molecule has 5 nitrogen and oxygen atoms in total. The maximum atomic E-state index is 11.9. The monoisotopic (exact) mass is 260 g/mol. The van der Waals surface area contributed by atoms with Gasteiger partial charge in [-0.15, -0.1) is 0 Å². The average Bonchev–Trinajstić information content (AvgIpc) is 2.38. The largest absolute Gasteiger partial charge is 0.395 e. The van der Waals surface area contributed by atoms with Gasteiger partial charge in [0.2, 0.25) is 5.91 Å². The van der Waals surface area contributed by atoms with Crippen molar-refractivity contribution in [3.8, 4) is 11.8 Å². The minimum Gasteiger partial charge on any atom is -0.395 e. The molecule has 19 heavy (non-hydrogen) atoms. The number of aliphatic hydroxyl groups excluding tert-OH is 1. The Kier molecular flexibility index (Phi) is 5.58. The first-order chi connectivity index (χ1) is 9.04. The highest BCUT2D eigenvalue weighted by atomic mass is 16.2. The van der Waals surface area contributed by atoms with Gasteiger partial charge in [-0.2, -0.15) is 0 Å². The van der Waals surface area contributed by atoms with E-state index < -0.39 is 5.91 Å². The van der Waals surface area contributed by atoms with Crippen LogP contribution in [0.1, 0.15) is 22.3 Å². The summed E-state index contributed by atoms with van der Waals surface area (Å²) in [7, 11) is 1.52. The van der Waals surface area contributed by atoms with Crippen LogP contribution in [0.25, 0.3) is 0 Å². The third kappa shape index (κ3) is 4.82. The van der Waals surface area contributed by atoms with E-state index in [1.165, 1.54) is 11.9 Å². The van der Waals surface area contributed by atoms with Crippen LogP contribution in [0.15, 0.2) is 24.3 Å². The molecular formula is C14H16N2O3. The molecule has 0 aliphatic carbocycles. The molecule has 1 aromatic rings. The smallest absolute Gasteiger partial charge is 0.254 e. The Bertz CT molecular complexity index is 512. The summed E-state index contributed by atoms with van der Waals surface area (Å²) in [6, 6.07) is 6.72. The Morgan fingerprint density at radius 1 is 1.32 bits per heavy atom. The predicted molar refractivity (Wildman–Crippen MR) is 71.2 cm³/mol. The van der Waals surface area contributed by atoms with Crippen LogP contribution < -0.4 is 5.73 Å². The van der Waals surface area contributed by atoms with Crippen LogP contribution in [0.3, 0.4) is 0 Å². The van der Waals surface area contributed by atoms with Gasteiger partial charge < -0.3 is 15.7 Å². The van der Waals surface area contributed by atoms with E-state index in [-0.39, 0.29) is 19.1 Å². The lowest BCUT2D eigenvalue weighted by molar-refractivity contribution is -0.118. The number of aliphatic hydroxyl groups is 1. The first-order valence-electron chi connectivity index (χ1n) is 5.78. The first-order valence-corrected chi connectivity index (χ1v) is 5.78. The van der Waals surface area contributed by atoms with Crippen LogP contribution >= 0.6 is 0 Å². The number of benzene rings is 1. The molecule has 0 atom stereocenters. The fourth-order valence-corrected chi connectivity index (χ4v) is 1.44. The molecule has 0 fully saturated rings. The van der Waals surface area contributed by atoms with Gasteiger partial charge >= 0.3 is 0 Å². The lowest BCUT2D eigenvalue weighted by atomic mass is 10.1. The number of carbonyl (C=O) groups excluding carboxylic acids is 2. The van der Waals surface area contributed by atoms with Gasteiger partial charge in [0, 0.05) is 24.6 Å². The zero-order valence-corrected chi connectivity index (χ0v) is 10.7. The zero-order chi connectivity index (χ0) is 14.3. The summed E-state index contributed by atoms with van der Waals surface area (Å²) in [5.41, 5.74) is 6.27. The lowest BCUT2D eigenvalue weighted by Gasteiger charge is -2.14. The Morgan fingerprint density at radius 2 is 1.95 bits per heavy atom. The van der Waals surface area contributed by atoms with Crippen LogP contribution in [-0.2, 0) is 4.79 Å². The average molecular weight is 260 g/mol. The quantitative estimate of drug-likeness (QED) is 0.746. The van der Waals surface area contributed by atoms with Gasteiger partial charge in [0.25, 0.3) is 5.91 Å². The molecule has 3 N–H and O–H groups in total. The van der Waals surface area contributed by atoms with Gasteiger partial charge in [-0.3, -0.25) is 9.59 Å². The molecule has 1 rings (SSSR count). The maximum Gasteiger partial charge on any atom is 0.254 e. The number of nitrogens with zero attached hydrogens (tertiary/aromatic N) is 1. The number of primary amides is 1. The topological polar surface area (TPSA) is 83.6 Å². The van der Waals surface area contributed by atoms with Gasteiger partial charge in [0.1, 0.15) is 0 Å². The minimum absolute atomic E-state index is 0.0292. The molecule has 1 aromatic carbocycles. The second kappa shape index (κ2) is 7.19. The van der Waals surface area contributed by atoms with Crippen LogP contribution in [-0.4, -0.2) is 42.0 Å². The molecule has 0 radical (unpaired) electrons. The van der Waals surface area contributed by atoms with Crippen LogP contribution in [0.5, 0.6) is 0 Å². The number of nitrogens with two attached hydrogens (primary N) is 1. The molecule has 0 bridgehead atoms. The molecule has 2 amide bonds. The van der Waals surface area contributed by atoms with Gasteiger partial charge in [-0.1, -0.05) is 11.8 Å². The Labute approximate surface area is 112 Å². The molecule has 0 aromatic heterocycles. The molecule has 0 spiro atoms. The summed E-state index contributed by atoms with van der Waals surface area (Å²) in [5, 5.41) is 8.60. The summed E-state index contributed by atoms with van der Waals surface area (Å²) >= 11 is 0. The van der Waals surface area contributed by atoms with Crippen LogP contribution in [0, 0.1) is 11.8 Å². The van der Waals surface area contributed by atoms with Crippen molar-refractivity contribution in [2.75, 3.05) is 20.2 Å². The summed E-state index contributed by atoms with van der Waals surface area (Å²) in [6.45, 7) is -0.0849.